The molecule has 0 atom stereocenters. The van der Waals surface area contributed by atoms with Crippen molar-refractivity contribution in [3.63, 3.8) is 0 Å². The highest BCUT2D eigenvalue weighted by atomic mass is 15.3. The van der Waals surface area contributed by atoms with E-state index in [4.69, 9.17) is 4.98 Å². The summed E-state index contributed by atoms with van der Waals surface area (Å²) in [5.41, 5.74) is 1.71. The Morgan fingerprint density at radius 3 is 2.52 bits per heavy atom. The third-order valence-electron chi connectivity index (χ3n) is 4.85. The molecule has 0 aliphatic carbocycles. The zero-order valence-corrected chi connectivity index (χ0v) is 15.0. The first-order valence-corrected chi connectivity index (χ1v) is 8.88. The lowest BCUT2D eigenvalue weighted by Crippen LogP contribution is -2.47. The zero-order chi connectivity index (χ0) is 18.2. The zero-order valence-electron chi connectivity index (χ0n) is 15.0. The lowest BCUT2D eigenvalue weighted by atomic mass is 10.3. The molecular formula is C18H19N9. The van der Waals surface area contributed by atoms with E-state index in [0.29, 0.717) is 0 Å². The Morgan fingerprint density at radius 2 is 1.70 bits per heavy atom. The Morgan fingerprint density at radius 1 is 0.889 bits per heavy atom. The second-order valence-electron chi connectivity index (χ2n) is 6.50. The molecule has 1 saturated heterocycles. The smallest absolute Gasteiger partial charge is 0.182 e. The Hall–Kier alpha value is -3.49. The van der Waals surface area contributed by atoms with Crippen molar-refractivity contribution in [1.29, 1.82) is 0 Å². The molecule has 0 bridgehead atoms. The molecule has 9 heteroatoms. The van der Waals surface area contributed by atoms with Crippen LogP contribution in [0.15, 0.2) is 49.3 Å². The summed E-state index contributed by atoms with van der Waals surface area (Å²) in [6.07, 6.45) is 7.03. The molecule has 0 N–H and O–H groups in total. The first kappa shape index (κ1) is 15.7. The molecule has 1 aliphatic rings. The fraction of sp³-hybridized carbons (Fsp3) is 0.278. The molecule has 1 aliphatic heterocycles. The van der Waals surface area contributed by atoms with Gasteiger partial charge in [0.25, 0.3) is 0 Å². The van der Waals surface area contributed by atoms with Crippen molar-refractivity contribution in [2.24, 2.45) is 7.05 Å². The molecule has 0 spiro atoms. The SMILES string of the molecule is Cn1cnc2ncnc(N3CCN(c4cccc(-n5cccn5)n4)CC3)c21. The highest BCUT2D eigenvalue weighted by Gasteiger charge is 2.22. The maximum atomic E-state index is 4.76. The van der Waals surface area contributed by atoms with Gasteiger partial charge in [0.05, 0.1) is 6.33 Å². The van der Waals surface area contributed by atoms with E-state index in [1.54, 1.807) is 23.5 Å². The van der Waals surface area contributed by atoms with Gasteiger partial charge < -0.3 is 14.4 Å². The van der Waals surface area contributed by atoms with Crippen LogP contribution in [0.25, 0.3) is 17.0 Å². The Bertz CT molecular complexity index is 1060. The number of piperazine rings is 1. The molecule has 5 rings (SSSR count). The lowest BCUT2D eigenvalue weighted by molar-refractivity contribution is 0.640. The first-order valence-electron chi connectivity index (χ1n) is 8.88. The van der Waals surface area contributed by atoms with Gasteiger partial charge in [-0.15, -0.1) is 0 Å². The monoisotopic (exact) mass is 361 g/mol. The summed E-state index contributed by atoms with van der Waals surface area (Å²) in [6, 6.07) is 7.93. The van der Waals surface area contributed by atoms with Gasteiger partial charge in [0.15, 0.2) is 17.3 Å². The quantitative estimate of drug-likeness (QED) is 0.543. The van der Waals surface area contributed by atoms with Crippen LogP contribution in [0, 0.1) is 0 Å². The number of hydrogen-bond donors (Lipinski definition) is 0. The summed E-state index contributed by atoms with van der Waals surface area (Å²) in [4.78, 5) is 22.4. The van der Waals surface area contributed by atoms with Gasteiger partial charge in [0.1, 0.15) is 17.7 Å². The largest absolute Gasteiger partial charge is 0.353 e. The van der Waals surface area contributed by atoms with Crippen molar-refractivity contribution in [2.75, 3.05) is 36.0 Å². The fourth-order valence-electron chi connectivity index (χ4n) is 3.47. The molecule has 0 saturated carbocycles. The number of fused-ring (bicyclic) bond motifs is 1. The van der Waals surface area contributed by atoms with E-state index in [9.17, 15) is 0 Å². The average molecular weight is 361 g/mol. The molecule has 27 heavy (non-hydrogen) atoms. The summed E-state index contributed by atoms with van der Waals surface area (Å²) in [5.74, 6) is 2.74. The summed E-state index contributed by atoms with van der Waals surface area (Å²) in [6.45, 7) is 3.48. The predicted molar refractivity (Wildman–Crippen MR) is 102 cm³/mol. The van der Waals surface area contributed by atoms with E-state index in [1.807, 2.05) is 42.1 Å². The molecule has 4 aromatic rings. The van der Waals surface area contributed by atoms with Gasteiger partial charge in [0.2, 0.25) is 0 Å². The topological polar surface area (TPSA) is 80.8 Å². The van der Waals surface area contributed by atoms with Gasteiger partial charge >= 0.3 is 0 Å². The van der Waals surface area contributed by atoms with E-state index in [2.05, 4.69) is 29.9 Å². The highest BCUT2D eigenvalue weighted by molar-refractivity contribution is 5.83. The molecule has 0 amide bonds. The maximum absolute atomic E-state index is 4.76. The van der Waals surface area contributed by atoms with Crippen LogP contribution in [0.1, 0.15) is 0 Å². The highest BCUT2D eigenvalue weighted by Crippen LogP contribution is 2.24. The van der Waals surface area contributed by atoms with Crippen LogP contribution in [0.4, 0.5) is 11.6 Å². The van der Waals surface area contributed by atoms with Crippen LogP contribution >= 0.6 is 0 Å². The fourth-order valence-corrected chi connectivity index (χ4v) is 3.47. The van der Waals surface area contributed by atoms with Gasteiger partial charge in [-0.25, -0.2) is 24.6 Å². The van der Waals surface area contributed by atoms with Crippen LogP contribution in [-0.4, -0.2) is 60.5 Å². The van der Waals surface area contributed by atoms with Gasteiger partial charge in [-0.2, -0.15) is 5.10 Å². The van der Waals surface area contributed by atoms with Gasteiger partial charge in [0, 0.05) is 45.6 Å². The number of aromatic nitrogens is 7. The first-order chi connectivity index (χ1) is 13.3. The van der Waals surface area contributed by atoms with Crippen molar-refractivity contribution >= 4 is 22.8 Å². The van der Waals surface area contributed by atoms with Gasteiger partial charge in [-0.05, 0) is 18.2 Å². The minimum absolute atomic E-state index is 0.735. The van der Waals surface area contributed by atoms with E-state index < -0.39 is 0 Å². The second-order valence-corrected chi connectivity index (χ2v) is 6.50. The van der Waals surface area contributed by atoms with Crippen molar-refractivity contribution in [2.45, 2.75) is 0 Å². The molecule has 1 fully saturated rings. The molecule has 136 valence electrons. The van der Waals surface area contributed by atoms with E-state index >= 15 is 0 Å². The van der Waals surface area contributed by atoms with Crippen molar-refractivity contribution in [1.82, 2.24) is 34.3 Å². The Kier molecular flexibility index (Phi) is 3.70. The number of rotatable bonds is 3. The third-order valence-corrected chi connectivity index (χ3v) is 4.85. The number of imidazole rings is 1. The maximum Gasteiger partial charge on any atom is 0.182 e. The van der Waals surface area contributed by atoms with Crippen molar-refractivity contribution < 1.29 is 0 Å². The van der Waals surface area contributed by atoms with Gasteiger partial charge in [-0.1, -0.05) is 6.07 Å². The second kappa shape index (κ2) is 6.35. The van der Waals surface area contributed by atoms with Crippen LogP contribution in [0.5, 0.6) is 0 Å². The normalized spacial score (nSPS) is 14.9. The molecule has 0 radical (unpaired) electrons. The molecule has 9 nitrogen and oxygen atoms in total. The number of hydrogen-bond acceptors (Lipinski definition) is 7. The van der Waals surface area contributed by atoms with Crippen LogP contribution in [-0.2, 0) is 7.05 Å². The van der Waals surface area contributed by atoms with Crippen LogP contribution in [0.2, 0.25) is 0 Å². The molecule has 0 aromatic carbocycles. The number of pyridine rings is 1. The summed E-state index contributed by atoms with van der Waals surface area (Å²) < 4.78 is 3.76. The van der Waals surface area contributed by atoms with Gasteiger partial charge in [-0.3, -0.25) is 0 Å². The van der Waals surface area contributed by atoms with Crippen LogP contribution < -0.4 is 9.80 Å². The Balaban J connectivity index is 1.36. The van der Waals surface area contributed by atoms with E-state index in [0.717, 1.165) is 54.8 Å². The summed E-state index contributed by atoms with van der Waals surface area (Å²) in [5, 5.41) is 4.26. The number of nitrogens with zero attached hydrogens (tertiary/aromatic N) is 9. The average Bonchev–Trinajstić information content (AvgIpc) is 3.39. The summed E-state index contributed by atoms with van der Waals surface area (Å²) >= 11 is 0. The minimum Gasteiger partial charge on any atom is -0.353 e. The van der Waals surface area contributed by atoms with E-state index in [-0.39, 0.29) is 0 Å². The number of anilines is 2. The van der Waals surface area contributed by atoms with E-state index in [1.165, 1.54) is 0 Å². The third kappa shape index (κ3) is 2.77. The summed E-state index contributed by atoms with van der Waals surface area (Å²) in [7, 11) is 1.98. The predicted octanol–water partition coefficient (Wildman–Crippen LogP) is 1.27. The molecule has 5 heterocycles. The minimum atomic E-state index is 0.735. The number of aryl methyl sites for hydroxylation is 1. The van der Waals surface area contributed by atoms with Crippen molar-refractivity contribution in [3.8, 4) is 5.82 Å². The molecule has 4 aromatic heterocycles. The standard InChI is InChI=1S/C18H19N9/c1-24-13-21-17-16(24)18(20-12-19-17)26-10-8-25(9-11-26)14-4-2-5-15(23-14)27-7-3-6-22-27/h2-7,12-13H,8-11H2,1H3. The lowest BCUT2D eigenvalue weighted by Gasteiger charge is -2.36. The molecular weight excluding hydrogens is 342 g/mol. The Labute approximate surface area is 155 Å². The van der Waals surface area contributed by atoms with Crippen molar-refractivity contribution in [3.05, 3.63) is 49.3 Å². The molecule has 0 unspecified atom stereocenters. The van der Waals surface area contributed by atoms with Crippen LogP contribution in [0.3, 0.4) is 0 Å².